The van der Waals surface area contributed by atoms with Crippen LogP contribution in [0.2, 0.25) is 0 Å². The highest BCUT2D eigenvalue weighted by atomic mass is 16.4. The standard InChI is InChI=1S/C12H12BNO2.C8H8N2/c15-12(16)9-3-1-2-8-6-11-13(4-5-14-11)7-10(8)9;1-6-2-3-7-8(4-6)10-5-9-7/h1-5,11,14H,6-7H2,(H,15,16);2-5H,1H3,(H,9,10). The molecule has 0 fully saturated rings. The number of benzene rings is 2. The second-order valence-corrected chi connectivity index (χ2v) is 6.88. The molecule has 3 aromatic rings. The molecule has 0 bridgehead atoms. The first-order valence-electron chi connectivity index (χ1n) is 8.78. The number of hydrogen-bond donors (Lipinski definition) is 3. The molecular formula is C20H20BN3O2. The minimum atomic E-state index is -0.815. The highest BCUT2D eigenvalue weighted by Crippen LogP contribution is 2.26. The highest BCUT2D eigenvalue weighted by Gasteiger charge is 2.33. The van der Waals surface area contributed by atoms with Crippen molar-refractivity contribution in [3.63, 3.8) is 0 Å². The van der Waals surface area contributed by atoms with E-state index in [0.29, 0.717) is 18.2 Å². The van der Waals surface area contributed by atoms with Crippen molar-refractivity contribution >= 4 is 23.7 Å². The molecule has 1 aromatic heterocycles. The fourth-order valence-electron chi connectivity index (χ4n) is 3.77. The Hall–Kier alpha value is -3.02. The van der Waals surface area contributed by atoms with Gasteiger partial charge in [0.05, 0.1) is 22.9 Å². The quantitative estimate of drug-likeness (QED) is 0.593. The fraction of sp³-hybridized carbons (Fsp3) is 0.200. The summed E-state index contributed by atoms with van der Waals surface area (Å²) in [7, 11) is 0. The van der Waals surface area contributed by atoms with Crippen molar-refractivity contribution in [1.82, 2.24) is 15.3 Å². The highest BCUT2D eigenvalue weighted by molar-refractivity contribution is 6.66. The van der Waals surface area contributed by atoms with E-state index in [1.165, 1.54) is 11.1 Å². The lowest BCUT2D eigenvalue weighted by Gasteiger charge is -2.26. The van der Waals surface area contributed by atoms with E-state index in [0.717, 1.165) is 29.3 Å². The summed E-state index contributed by atoms with van der Waals surface area (Å²) in [5, 5.41) is 12.5. The molecule has 1 atom stereocenters. The van der Waals surface area contributed by atoms with Crippen LogP contribution in [0.5, 0.6) is 0 Å². The average molecular weight is 345 g/mol. The van der Waals surface area contributed by atoms with Gasteiger partial charge in [-0.15, -0.1) is 0 Å². The predicted molar refractivity (Wildman–Crippen MR) is 103 cm³/mol. The Kier molecular flexibility index (Phi) is 4.25. The first kappa shape index (κ1) is 16.5. The molecule has 130 valence electrons. The van der Waals surface area contributed by atoms with Crippen LogP contribution in [-0.4, -0.2) is 33.7 Å². The number of aryl methyl sites for hydroxylation is 1. The molecule has 6 heteroatoms. The first-order valence-corrected chi connectivity index (χ1v) is 8.78. The zero-order chi connectivity index (χ0) is 18.1. The van der Waals surface area contributed by atoms with Gasteiger partial charge in [-0.3, -0.25) is 0 Å². The number of rotatable bonds is 1. The minimum absolute atomic E-state index is 0.452. The number of aromatic carboxylic acids is 1. The third kappa shape index (κ3) is 3.10. The molecule has 2 aromatic carbocycles. The number of hydrogen-bond acceptors (Lipinski definition) is 3. The van der Waals surface area contributed by atoms with Crippen molar-refractivity contribution < 1.29 is 9.90 Å². The van der Waals surface area contributed by atoms with Crippen LogP contribution in [-0.2, 0) is 12.7 Å². The molecule has 0 spiro atoms. The molecule has 0 saturated heterocycles. The van der Waals surface area contributed by atoms with E-state index in [4.69, 9.17) is 5.11 Å². The Labute approximate surface area is 152 Å². The number of fused-ring (bicyclic) bond motifs is 3. The molecule has 3 N–H and O–H groups in total. The van der Waals surface area contributed by atoms with Crippen LogP contribution in [0.25, 0.3) is 11.0 Å². The molecule has 3 heterocycles. The fourth-order valence-corrected chi connectivity index (χ4v) is 3.77. The minimum Gasteiger partial charge on any atom is -0.478 e. The van der Waals surface area contributed by atoms with Crippen LogP contribution in [0, 0.1) is 6.92 Å². The maximum atomic E-state index is 11.1. The SMILES string of the molecule is Cc1ccc2nc[nH]c2c1.O=C(O)c1cccc2c1CB1C=CNC1C2. The normalized spacial score (nSPS) is 17.1. The Balaban J connectivity index is 0.000000144. The molecule has 2 aliphatic heterocycles. The molecule has 0 radical (unpaired) electrons. The zero-order valence-corrected chi connectivity index (χ0v) is 14.6. The van der Waals surface area contributed by atoms with Crippen molar-refractivity contribution in [3.8, 4) is 0 Å². The number of nitrogens with one attached hydrogen (secondary N) is 2. The maximum Gasteiger partial charge on any atom is 0.335 e. The van der Waals surface area contributed by atoms with Gasteiger partial charge in [-0.1, -0.05) is 24.2 Å². The Morgan fingerprint density at radius 1 is 1.31 bits per heavy atom. The predicted octanol–water partition coefficient (Wildman–Crippen LogP) is 2.95. The van der Waals surface area contributed by atoms with Gasteiger partial charge in [0.2, 0.25) is 0 Å². The van der Waals surface area contributed by atoms with Gasteiger partial charge in [0.25, 0.3) is 0 Å². The van der Waals surface area contributed by atoms with Gasteiger partial charge >= 0.3 is 5.97 Å². The molecular weight excluding hydrogens is 325 g/mol. The Bertz CT molecular complexity index is 996. The molecule has 5 rings (SSSR count). The van der Waals surface area contributed by atoms with Crippen molar-refractivity contribution in [1.29, 1.82) is 0 Å². The van der Waals surface area contributed by atoms with E-state index in [1.54, 1.807) is 12.4 Å². The summed E-state index contributed by atoms with van der Waals surface area (Å²) in [5.41, 5.74) is 6.07. The summed E-state index contributed by atoms with van der Waals surface area (Å²) in [6.45, 7) is 2.52. The second-order valence-electron chi connectivity index (χ2n) is 6.88. The summed E-state index contributed by atoms with van der Waals surface area (Å²) in [5.74, 6) is 1.79. The molecule has 0 saturated carbocycles. The van der Waals surface area contributed by atoms with E-state index < -0.39 is 5.97 Å². The van der Waals surface area contributed by atoms with E-state index >= 15 is 0 Å². The summed E-state index contributed by atoms with van der Waals surface area (Å²) >= 11 is 0. The molecule has 2 aliphatic rings. The van der Waals surface area contributed by atoms with Crippen molar-refractivity contribution in [2.45, 2.75) is 25.6 Å². The molecule has 5 nitrogen and oxygen atoms in total. The lowest BCUT2D eigenvalue weighted by Crippen LogP contribution is -2.42. The van der Waals surface area contributed by atoms with Gasteiger partial charge in [0, 0.05) is 5.94 Å². The topological polar surface area (TPSA) is 78.0 Å². The van der Waals surface area contributed by atoms with Gasteiger partial charge in [-0.2, -0.15) is 0 Å². The van der Waals surface area contributed by atoms with Gasteiger partial charge in [0.15, 0.2) is 6.71 Å². The van der Waals surface area contributed by atoms with Crippen LogP contribution in [0.15, 0.2) is 54.9 Å². The van der Waals surface area contributed by atoms with Crippen LogP contribution in [0.1, 0.15) is 27.0 Å². The van der Waals surface area contributed by atoms with Gasteiger partial charge in [-0.05, 0) is 60.8 Å². The van der Waals surface area contributed by atoms with E-state index in [9.17, 15) is 4.79 Å². The Morgan fingerprint density at radius 3 is 3.04 bits per heavy atom. The van der Waals surface area contributed by atoms with Crippen LogP contribution >= 0.6 is 0 Å². The number of imidazole rings is 1. The molecule has 0 amide bonds. The zero-order valence-electron chi connectivity index (χ0n) is 14.6. The largest absolute Gasteiger partial charge is 0.478 e. The number of aromatic amines is 1. The number of carboxylic acids is 1. The molecule has 0 aliphatic carbocycles. The summed E-state index contributed by atoms with van der Waals surface area (Å²) in [6.07, 6.45) is 5.46. The summed E-state index contributed by atoms with van der Waals surface area (Å²) in [6, 6.07) is 11.7. The first-order chi connectivity index (χ1) is 12.6. The monoisotopic (exact) mass is 345 g/mol. The average Bonchev–Trinajstić information content (AvgIpc) is 3.27. The smallest absolute Gasteiger partial charge is 0.335 e. The van der Waals surface area contributed by atoms with Gasteiger partial charge < -0.3 is 15.4 Å². The number of carboxylic acid groups (broad SMARTS) is 1. The Morgan fingerprint density at radius 2 is 2.19 bits per heavy atom. The van der Waals surface area contributed by atoms with Crippen molar-refractivity contribution in [2.24, 2.45) is 0 Å². The summed E-state index contributed by atoms with van der Waals surface area (Å²) in [4.78, 5) is 18.3. The van der Waals surface area contributed by atoms with Gasteiger partial charge in [0.1, 0.15) is 0 Å². The second kappa shape index (κ2) is 6.71. The molecule has 1 unspecified atom stereocenters. The van der Waals surface area contributed by atoms with Crippen LogP contribution in [0.4, 0.5) is 0 Å². The van der Waals surface area contributed by atoms with E-state index in [1.807, 2.05) is 24.4 Å². The van der Waals surface area contributed by atoms with E-state index in [2.05, 4.69) is 40.3 Å². The maximum absolute atomic E-state index is 11.1. The lowest BCUT2D eigenvalue weighted by molar-refractivity contribution is 0.0695. The van der Waals surface area contributed by atoms with Crippen molar-refractivity contribution in [3.05, 3.63) is 77.2 Å². The number of nitrogens with zero attached hydrogens (tertiary/aromatic N) is 1. The number of aromatic nitrogens is 2. The van der Waals surface area contributed by atoms with Crippen molar-refractivity contribution in [2.75, 3.05) is 0 Å². The van der Waals surface area contributed by atoms with Crippen LogP contribution < -0.4 is 5.32 Å². The number of H-pyrrole nitrogens is 1. The van der Waals surface area contributed by atoms with Gasteiger partial charge in [-0.25, -0.2) is 9.78 Å². The molecule has 26 heavy (non-hydrogen) atoms. The summed E-state index contributed by atoms with van der Waals surface area (Å²) < 4.78 is 0. The van der Waals surface area contributed by atoms with E-state index in [-0.39, 0.29) is 0 Å². The third-order valence-corrected chi connectivity index (χ3v) is 5.13. The number of carbonyl (C=O) groups is 1. The lowest BCUT2D eigenvalue weighted by atomic mass is 9.39. The third-order valence-electron chi connectivity index (χ3n) is 5.13. The van der Waals surface area contributed by atoms with Crippen LogP contribution in [0.3, 0.4) is 0 Å².